The minimum absolute atomic E-state index is 0.0101. The van der Waals surface area contributed by atoms with E-state index in [-0.39, 0.29) is 16.3 Å². The smallest absolute Gasteiger partial charge is 0.196 e. The minimum atomic E-state index is -3.43. The molecule has 0 atom stereocenters. The Bertz CT molecular complexity index is 615. The summed E-state index contributed by atoms with van der Waals surface area (Å²) in [4.78, 5) is 4.30. The van der Waals surface area contributed by atoms with Gasteiger partial charge in [0.1, 0.15) is 6.07 Å². The molecule has 0 saturated heterocycles. The van der Waals surface area contributed by atoms with Crippen LogP contribution < -0.4 is 0 Å². The summed E-state index contributed by atoms with van der Waals surface area (Å²) in [5, 5.41) is 9.14. The molecular weight excluding hydrogens is 260 g/mol. The molecular formula is C14H18N2O2S. The van der Waals surface area contributed by atoms with E-state index in [2.05, 4.69) is 4.98 Å². The lowest BCUT2D eigenvalue weighted by Crippen LogP contribution is -2.15. The summed E-state index contributed by atoms with van der Waals surface area (Å²) < 4.78 is 24.5. The van der Waals surface area contributed by atoms with Gasteiger partial charge in [0.2, 0.25) is 0 Å². The van der Waals surface area contributed by atoms with E-state index in [1.54, 1.807) is 6.07 Å². The van der Waals surface area contributed by atoms with Crippen molar-refractivity contribution in [2.45, 2.75) is 50.5 Å². The molecule has 0 radical (unpaired) electrons. The molecule has 5 heteroatoms. The first-order valence-electron chi connectivity index (χ1n) is 6.74. The molecule has 0 unspecified atom stereocenters. The van der Waals surface area contributed by atoms with Crippen molar-refractivity contribution in [1.82, 2.24) is 4.98 Å². The topological polar surface area (TPSA) is 70.8 Å². The van der Waals surface area contributed by atoms with Gasteiger partial charge in [0.05, 0.1) is 11.3 Å². The lowest BCUT2D eigenvalue weighted by molar-refractivity contribution is 0.585. The van der Waals surface area contributed by atoms with Gasteiger partial charge in [-0.25, -0.2) is 13.4 Å². The summed E-state index contributed by atoms with van der Waals surface area (Å²) in [6, 6.07) is 3.71. The lowest BCUT2D eigenvalue weighted by atomic mass is 9.95. The number of fused-ring (bicyclic) bond motifs is 1. The van der Waals surface area contributed by atoms with E-state index < -0.39 is 9.84 Å². The van der Waals surface area contributed by atoms with Gasteiger partial charge in [-0.1, -0.05) is 13.3 Å². The number of aryl methyl sites for hydroxylation is 2. The molecule has 1 aromatic heterocycles. The van der Waals surface area contributed by atoms with Gasteiger partial charge < -0.3 is 0 Å². The minimum Gasteiger partial charge on any atom is -0.240 e. The molecule has 102 valence electrons. The maximum Gasteiger partial charge on any atom is 0.196 e. The Morgan fingerprint density at radius 3 is 2.79 bits per heavy atom. The van der Waals surface area contributed by atoms with Gasteiger partial charge >= 0.3 is 0 Å². The van der Waals surface area contributed by atoms with Crippen LogP contribution in [-0.2, 0) is 22.7 Å². The molecule has 0 aliphatic heterocycles. The van der Waals surface area contributed by atoms with E-state index in [0.717, 1.165) is 43.4 Å². The molecule has 0 N–H and O–H groups in total. The monoisotopic (exact) mass is 278 g/mol. The number of nitriles is 1. The van der Waals surface area contributed by atoms with Crippen molar-refractivity contribution in [2.75, 3.05) is 5.75 Å². The standard InChI is InChI=1S/C14H18N2O2S/c1-2-3-8-19(17,18)14-12(10-15)9-11-6-4-5-7-13(11)16-14/h9H,2-8H2,1H3. The van der Waals surface area contributed by atoms with Gasteiger partial charge in [-0.05, 0) is 43.7 Å². The van der Waals surface area contributed by atoms with Crippen LogP contribution in [0.25, 0.3) is 0 Å². The van der Waals surface area contributed by atoms with Crippen molar-refractivity contribution in [3.63, 3.8) is 0 Å². The van der Waals surface area contributed by atoms with Crippen LogP contribution in [0.5, 0.6) is 0 Å². The summed E-state index contributed by atoms with van der Waals surface area (Å²) in [6.45, 7) is 1.95. The van der Waals surface area contributed by atoms with Crippen molar-refractivity contribution in [1.29, 1.82) is 5.26 Å². The third-order valence-electron chi connectivity index (χ3n) is 3.45. The number of nitrogens with zero attached hydrogens (tertiary/aromatic N) is 2. The van der Waals surface area contributed by atoms with Gasteiger partial charge in [0.25, 0.3) is 0 Å². The quantitative estimate of drug-likeness (QED) is 0.848. The second kappa shape index (κ2) is 5.70. The molecule has 0 aromatic carbocycles. The maximum atomic E-state index is 12.2. The number of sulfone groups is 1. The van der Waals surface area contributed by atoms with Gasteiger partial charge in [0.15, 0.2) is 14.9 Å². The highest BCUT2D eigenvalue weighted by atomic mass is 32.2. The molecule has 0 bridgehead atoms. The van der Waals surface area contributed by atoms with Crippen LogP contribution in [0.3, 0.4) is 0 Å². The van der Waals surface area contributed by atoms with Crippen molar-refractivity contribution < 1.29 is 8.42 Å². The predicted octanol–water partition coefficient (Wildman–Crippen LogP) is 2.41. The Morgan fingerprint density at radius 1 is 1.37 bits per heavy atom. The van der Waals surface area contributed by atoms with E-state index in [9.17, 15) is 8.42 Å². The number of hydrogen-bond donors (Lipinski definition) is 0. The number of rotatable bonds is 4. The zero-order chi connectivity index (χ0) is 13.9. The molecule has 2 rings (SSSR count). The first-order chi connectivity index (χ1) is 9.08. The fraction of sp³-hybridized carbons (Fsp3) is 0.571. The van der Waals surface area contributed by atoms with Crippen LogP contribution in [0.4, 0.5) is 0 Å². The number of unbranched alkanes of at least 4 members (excludes halogenated alkanes) is 1. The van der Waals surface area contributed by atoms with Crippen LogP contribution in [0, 0.1) is 11.3 Å². The van der Waals surface area contributed by atoms with E-state index in [4.69, 9.17) is 5.26 Å². The van der Waals surface area contributed by atoms with Crippen molar-refractivity contribution in [2.24, 2.45) is 0 Å². The number of pyridine rings is 1. The van der Waals surface area contributed by atoms with Crippen molar-refractivity contribution in [3.05, 3.63) is 22.9 Å². The molecule has 1 aromatic rings. The molecule has 0 saturated carbocycles. The Kier molecular flexibility index (Phi) is 4.20. The van der Waals surface area contributed by atoms with E-state index in [0.29, 0.717) is 6.42 Å². The summed E-state index contributed by atoms with van der Waals surface area (Å²) in [5.41, 5.74) is 2.11. The van der Waals surface area contributed by atoms with Gasteiger partial charge in [-0.15, -0.1) is 0 Å². The molecule has 1 heterocycles. The first-order valence-corrected chi connectivity index (χ1v) is 8.39. The van der Waals surface area contributed by atoms with Crippen LogP contribution in [0.2, 0.25) is 0 Å². The highest BCUT2D eigenvalue weighted by Crippen LogP contribution is 2.25. The summed E-state index contributed by atoms with van der Waals surface area (Å²) in [5.74, 6) is 0.0734. The molecule has 1 aliphatic rings. The average molecular weight is 278 g/mol. The Morgan fingerprint density at radius 2 is 2.11 bits per heavy atom. The SMILES string of the molecule is CCCCS(=O)(=O)c1nc2c(cc1C#N)CCCC2. The molecule has 19 heavy (non-hydrogen) atoms. The van der Waals surface area contributed by atoms with E-state index in [1.807, 2.05) is 13.0 Å². The fourth-order valence-electron chi connectivity index (χ4n) is 2.36. The molecule has 4 nitrogen and oxygen atoms in total. The zero-order valence-corrected chi connectivity index (χ0v) is 12.0. The Labute approximate surface area is 114 Å². The third kappa shape index (κ3) is 2.95. The second-order valence-electron chi connectivity index (χ2n) is 4.94. The predicted molar refractivity (Wildman–Crippen MR) is 72.6 cm³/mol. The van der Waals surface area contributed by atoms with Gasteiger partial charge in [-0.3, -0.25) is 0 Å². The molecule has 0 amide bonds. The van der Waals surface area contributed by atoms with Crippen molar-refractivity contribution in [3.8, 4) is 6.07 Å². The van der Waals surface area contributed by atoms with E-state index >= 15 is 0 Å². The molecule has 0 spiro atoms. The third-order valence-corrected chi connectivity index (χ3v) is 5.17. The average Bonchev–Trinajstić information content (AvgIpc) is 2.43. The van der Waals surface area contributed by atoms with Crippen LogP contribution >= 0.6 is 0 Å². The first kappa shape index (κ1) is 14.0. The van der Waals surface area contributed by atoms with Crippen LogP contribution in [0.15, 0.2) is 11.1 Å². The largest absolute Gasteiger partial charge is 0.240 e. The highest BCUT2D eigenvalue weighted by Gasteiger charge is 2.23. The van der Waals surface area contributed by atoms with Gasteiger partial charge in [0, 0.05) is 5.69 Å². The van der Waals surface area contributed by atoms with E-state index in [1.165, 1.54) is 0 Å². The Hall–Kier alpha value is -1.41. The zero-order valence-electron chi connectivity index (χ0n) is 11.1. The van der Waals surface area contributed by atoms with Crippen molar-refractivity contribution >= 4 is 9.84 Å². The Balaban J connectivity index is 2.48. The molecule has 0 fully saturated rings. The lowest BCUT2D eigenvalue weighted by Gasteiger charge is -2.16. The summed E-state index contributed by atoms with van der Waals surface area (Å²) >= 11 is 0. The van der Waals surface area contributed by atoms with Crippen LogP contribution in [-0.4, -0.2) is 19.2 Å². The van der Waals surface area contributed by atoms with Gasteiger partial charge in [-0.2, -0.15) is 5.26 Å². The summed E-state index contributed by atoms with van der Waals surface area (Å²) in [7, 11) is -3.43. The highest BCUT2D eigenvalue weighted by molar-refractivity contribution is 7.91. The summed E-state index contributed by atoms with van der Waals surface area (Å²) in [6.07, 6.45) is 5.25. The molecule has 1 aliphatic carbocycles. The second-order valence-corrected chi connectivity index (χ2v) is 6.96. The fourth-order valence-corrected chi connectivity index (χ4v) is 3.91. The van der Waals surface area contributed by atoms with Crippen LogP contribution in [0.1, 0.15) is 49.4 Å². The maximum absolute atomic E-state index is 12.2. The number of aromatic nitrogens is 1. The normalized spacial score (nSPS) is 14.7. The number of hydrogen-bond acceptors (Lipinski definition) is 4.